The van der Waals surface area contributed by atoms with Crippen molar-refractivity contribution in [3.63, 3.8) is 0 Å². The highest BCUT2D eigenvalue weighted by atomic mass is 32.2. The second-order valence-electron chi connectivity index (χ2n) is 6.36. The molecule has 0 fully saturated rings. The van der Waals surface area contributed by atoms with Gasteiger partial charge in [0.15, 0.2) is 11.0 Å². The average Bonchev–Trinajstić information content (AvgIpc) is 3.33. The van der Waals surface area contributed by atoms with E-state index in [2.05, 4.69) is 46.8 Å². The highest BCUT2D eigenvalue weighted by Crippen LogP contribution is 2.27. The lowest BCUT2D eigenvalue weighted by Crippen LogP contribution is -2.04. The summed E-state index contributed by atoms with van der Waals surface area (Å²) in [5, 5.41) is 12.6. The molecule has 4 rings (SSSR count). The van der Waals surface area contributed by atoms with E-state index in [1.807, 2.05) is 41.9 Å². The van der Waals surface area contributed by atoms with Crippen LogP contribution in [0.2, 0.25) is 0 Å². The Morgan fingerprint density at radius 2 is 1.82 bits per heavy atom. The van der Waals surface area contributed by atoms with Crippen molar-refractivity contribution in [1.82, 2.24) is 19.7 Å². The summed E-state index contributed by atoms with van der Waals surface area (Å²) < 4.78 is 7.74. The molecule has 0 aliphatic heterocycles. The molecule has 0 aliphatic rings. The molecule has 142 valence electrons. The van der Waals surface area contributed by atoms with Gasteiger partial charge < -0.3 is 9.30 Å². The van der Waals surface area contributed by atoms with Crippen molar-refractivity contribution in [1.29, 1.82) is 0 Å². The van der Waals surface area contributed by atoms with Crippen LogP contribution >= 0.6 is 23.1 Å². The molecule has 5 nitrogen and oxygen atoms in total. The first kappa shape index (κ1) is 18.7. The van der Waals surface area contributed by atoms with Crippen molar-refractivity contribution in [2.24, 2.45) is 7.05 Å². The molecule has 2 aromatic heterocycles. The maximum absolute atomic E-state index is 5.77. The van der Waals surface area contributed by atoms with Crippen LogP contribution in [0.15, 0.2) is 65.1 Å². The zero-order valence-corrected chi connectivity index (χ0v) is 17.3. The molecule has 7 heteroatoms. The number of ether oxygens (including phenoxy) is 1. The van der Waals surface area contributed by atoms with Crippen LogP contribution in [-0.4, -0.2) is 19.7 Å². The van der Waals surface area contributed by atoms with E-state index in [1.165, 1.54) is 5.56 Å². The Balaban J connectivity index is 1.36. The molecule has 2 aromatic carbocycles. The molecule has 4 aromatic rings. The molecule has 0 N–H and O–H groups in total. The lowest BCUT2D eigenvalue weighted by Gasteiger charge is -2.06. The quantitative estimate of drug-likeness (QED) is 0.397. The summed E-state index contributed by atoms with van der Waals surface area (Å²) in [7, 11) is 1.96. The summed E-state index contributed by atoms with van der Waals surface area (Å²) in [6, 6.07) is 18.2. The molecule has 0 saturated heterocycles. The zero-order valence-electron chi connectivity index (χ0n) is 15.7. The Morgan fingerprint density at radius 1 is 1.04 bits per heavy atom. The van der Waals surface area contributed by atoms with Crippen LogP contribution in [0.3, 0.4) is 0 Å². The third-order valence-corrected chi connectivity index (χ3v) is 6.23. The van der Waals surface area contributed by atoms with E-state index in [0.29, 0.717) is 6.61 Å². The fourth-order valence-corrected chi connectivity index (χ4v) is 4.36. The standard InChI is InChI=1S/C21H20N4OS2/c1-15-8-10-16(11-9-15)20-22-17(13-27-20)14-28-21-24-23-19(25(21)2)12-26-18-6-4-3-5-7-18/h3-11,13H,12,14H2,1-2H3. The molecule has 0 spiro atoms. The highest BCUT2D eigenvalue weighted by molar-refractivity contribution is 7.98. The molecule has 0 unspecified atom stereocenters. The predicted octanol–water partition coefficient (Wildman–Crippen LogP) is 5.12. The number of para-hydroxylation sites is 1. The molecular weight excluding hydrogens is 388 g/mol. The maximum Gasteiger partial charge on any atom is 0.191 e. The average molecular weight is 409 g/mol. The Labute approximate surface area is 172 Å². The minimum atomic E-state index is 0.391. The number of aryl methyl sites for hydroxylation is 1. The monoisotopic (exact) mass is 408 g/mol. The van der Waals surface area contributed by atoms with Crippen LogP contribution in [-0.2, 0) is 19.4 Å². The number of aromatic nitrogens is 4. The van der Waals surface area contributed by atoms with Gasteiger partial charge in [0, 0.05) is 23.7 Å². The normalized spacial score (nSPS) is 10.9. The SMILES string of the molecule is Cc1ccc(-c2nc(CSc3nnc(COc4ccccc4)n3C)cs2)cc1. The van der Waals surface area contributed by atoms with E-state index in [4.69, 9.17) is 9.72 Å². The molecule has 0 saturated carbocycles. The Morgan fingerprint density at radius 3 is 2.61 bits per heavy atom. The Kier molecular flexibility index (Phi) is 5.73. The van der Waals surface area contributed by atoms with Crippen molar-refractivity contribution in [2.75, 3.05) is 0 Å². The summed E-state index contributed by atoms with van der Waals surface area (Å²) in [5.41, 5.74) is 3.46. The van der Waals surface area contributed by atoms with Crippen LogP contribution < -0.4 is 4.74 Å². The summed E-state index contributed by atoms with van der Waals surface area (Å²) in [6.45, 7) is 2.48. The van der Waals surface area contributed by atoms with E-state index in [1.54, 1.807) is 23.1 Å². The first-order valence-corrected chi connectivity index (χ1v) is 10.8. The molecule has 0 bridgehead atoms. The van der Waals surface area contributed by atoms with Gasteiger partial charge >= 0.3 is 0 Å². The number of hydrogen-bond donors (Lipinski definition) is 0. The van der Waals surface area contributed by atoms with Gasteiger partial charge in [-0.2, -0.15) is 0 Å². The van der Waals surface area contributed by atoms with Crippen molar-refractivity contribution in [3.8, 4) is 16.3 Å². The van der Waals surface area contributed by atoms with E-state index in [9.17, 15) is 0 Å². The van der Waals surface area contributed by atoms with Gasteiger partial charge in [0.2, 0.25) is 0 Å². The van der Waals surface area contributed by atoms with Gasteiger partial charge in [0.05, 0.1) is 5.69 Å². The lowest BCUT2D eigenvalue weighted by atomic mass is 10.2. The van der Waals surface area contributed by atoms with Crippen molar-refractivity contribution in [3.05, 3.63) is 77.1 Å². The third kappa shape index (κ3) is 4.43. The number of hydrogen-bond acceptors (Lipinski definition) is 6. The number of thiazole rings is 1. The topological polar surface area (TPSA) is 52.8 Å². The fourth-order valence-electron chi connectivity index (χ4n) is 2.60. The van der Waals surface area contributed by atoms with E-state index in [-0.39, 0.29) is 0 Å². The smallest absolute Gasteiger partial charge is 0.191 e. The van der Waals surface area contributed by atoms with Crippen LogP contribution in [0, 0.1) is 6.92 Å². The summed E-state index contributed by atoms with van der Waals surface area (Å²) in [6.07, 6.45) is 0. The predicted molar refractivity (Wildman–Crippen MR) is 114 cm³/mol. The van der Waals surface area contributed by atoms with E-state index in [0.717, 1.165) is 38.7 Å². The first-order valence-electron chi connectivity index (χ1n) is 8.89. The minimum absolute atomic E-state index is 0.391. The largest absolute Gasteiger partial charge is 0.486 e. The summed E-state index contributed by atoms with van der Waals surface area (Å²) >= 11 is 3.30. The van der Waals surface area contributed by atoms with Gasteiger partial charge in [-0.1, -0.05) is 59.8 Å². The fraction of sp³-hybridized carbons (Fsp3) is 0.190. The van der Waals surface area contributed by atoms with Crippen LogP contribution in [0.5, 0.6) is 5.75 Å². The molecule has 0 amide bonds. The zero-order chi connectivity index (χ0) is 19.3. The van der Waals surface area contributed by atoms with Crippen LogP contribution in [0.25, 0.3) is 10.6 Å². The molecule has 0 aliphatic carbocycles. The molecular formula is C21H20N4OS2. The molecule has 0 radical (unpaired) electrons. The summed E-state index contributed by atoms with van der Waals surface area (Å²) in [5.74, 6) is 2.38. The number of thioether (sulfide) groups is 1. The Bertz CT molecular complexity index is 1040. The van der Waals surface area contributed by atoms with Gasteiger partial charge in [-0.15, -0.1) is 21.5 Å². The second-order valence-corrected chi connectivity index (χ2v) is 8.16. The van der Waals surface area contributed by atoms with Gasteiger partial charge in [0.25, 0.3) is 0 Å². The molecule has 28 heavy (non-hydrogen) atoms. The summed E-state index contributed by atoms with van der Waals surface area (Å²) in [4.78, 5) is 4.75. The maximum atomic E-state index is 5.77. The highest BCUT2D eigenvalue weighted by Gasteiger charge is 2.12. The molecule has 0 atom stereocenters. The van der Waals surface area contributed by atoms with Crippen molar-refractivity contribution >= 4 is 23.1 Å². The van der Waals surface area contributed by atoms with Gasteiger partial charge in [0.1, 0.15) is 17.4 Å². The van der Waals surface area contributed by atoms with Crippen molar-refractivity contribution in [2.45, 2.75) is 24.4 Å². The number of rotatable bonds is 7. The number of benzene rings is 2. The first-order chi connectivity index (χ1) is 13.7. The van der Waals surface area contributed by atoms with E-state index < -0.39 is 0 Å². The van der Waals surface area contributed by atoms with Crippen LogP contribution in [0.1, 0.15) is 17.1 Å². The third-order valence-electron chi connectivity index (χ3n) is 4.24. The second kappa shape index (κ2) is 8.58. The van der Waals surface area contributed by atoms with E-state index >= 15 is 0 Å². The minimum Gasteiger partial charge on any atom is -0.486 e. The van der Waals surface area contributed by atoms with Gasteiger partial charge in [-0.25, -0.2) is 4.98 Å². The van der Waals surface area contributed by atoms with Gasteiger partial charge in [-0.05, 0) is 19.1 Å². The van der Waals surface area contributed by atoms with Gasteiger partial charge in [-0.3, -0.25) is 0 Å². The number of nitrogens with zero attached hydrogens (tertiary/aromatic N) is 4. The van der Waals surface area contributed by atoms with Crippen LogP contribution in [0.4, 0.5) is 0 Å². The lowest BCUT2D eigenvalue weighted by molar-refractivity contribution is 0.290. The van der Waals surface area contributed by atoms with Crippen molar-refractivity contribution < 1.29 is 4.74 Å². The molecule has 2 heterocycles. The Hall–Kier alpha value is -2.64.